The van der Waals surface area contributed by atoms with Crippen molar-refractivity contribution in [2.75, 3.05) is 4.90 Å². The normalized spacial score (nSPS) is 14.0. The molecule has 56 heavy (non-hydrogen) atoms. The minimum absolute atomic E-state index is 1.11. The van der Waals surface area contributed by atoms with Crippen molar-refractivity contribution < 1.29 is 0 Å². The summed E-state index contributed by atoms with van der Waals surface area (Å²) in [6.45, 7) is 0. The number of aromatic nitrogens is 2. The minimum atomic E-state index is 1.11. The van der Waals surface area contributed by atoms with Crippen LogP contribution in [0.4, 0.5) is 17.1 Å². The molecule has 11 aromatic rings. The molecule has 2 aliphatic carbocycles. The zero-order valence-electron chi connectivity index (χ0n) is 30.7. The van der Waals surface area contributed by atoms with E-state index in [4.69, 9.17) is 0 Å². The van der Waals surface area contributed by atoms with Gasteiger partial charge in [-0.15, -0.1) is 11.3 Å². The Bertz CT molecular complexity index is 3470. The van der Waals surface area contributed by atoms with Crippen molar-refractivity contribution in [2.45, 2.75) is 25.7 Å². The van der Waals surface area contributed by atoms with Crippen LogP contribution < -0.4 is 4.90 Å². The highest BCUT2D eigenvalue weighted by atomic mass is 32.1. The van der Waals surface area contributed by atoms with E-state index in [0.29, 0.717) is 0 Å². The molecule has 4 heterocycles. The first-order valence-electron chi connectivity index (χ1n) is 19.8. The molecular formula is C52H35N3S. The maximum Gasteiger partial charge on any atom is 0.131 e. The molecule has 3 nitrogen and oxygen atoms in total. The Balaban J connectivity index is 1.04. The van der Waals surface area contributed by atoms with Crippen LogP contribution in [0.2, 0.25) is 0 Å². The average Bonchev–Trinajstić information content (AvgIpc) is 3.99. The predicted octanol–water partition coefficient (Wildman–Crippen LogP) is 14.5. The van der Waals surface area contributed by atoms with E-state index in [9.17, 15) is 0 Å². The summed E-state index contributed by atoms with van der Waals surface area (Å²) in [5, 5.41) is 9.14. The number of fused-ring (bicyclic) bond motifs is 14. The minimum Gasteiger partial charge on any atom is -0.309 e. The molecule has 4 aromatic heterocycles. The summed E-state index contributed by atoms with van der Waals surface area (Å²) < 4.78 is 7.73. The van der Waals surface area contributed by atoms with E-state index < -0.39 is 0 Å². The van der Waals surface area contributed by atoms with Gasteiger partial charge in [-0.3, -0.25) is 8.80 Å². The fourth-order valence-electron chi connectivity index (χ4n) is 10.1. The van der Waals surface area contributed by atoms with Gasteiger partial charge in [-0.25, -0.2) is 0 Å². The smallest absolute Gasteiger partial charge is 0.131 e. The summed E-state index contributed by atoms with van der Waals surface area (Å²) in [6.07, 6.45) is 13.9. The van der Waals surface area contributed by atoms with Crippen LogP contribution in [-0.2, 0) is 12.8 Å². The molecule has 0 amide bonds. The SMILES string of the molecule is C1=Cc2c(c3c4c(n5c6cc7cc(N(c8ccc(-c9cccc%10ccccc9%10)cc8)c8cccc9c8sc8ccccc89)ccc7cc6n2c35)C=CCC4)CC1. The van der Waals surface area contributed by atoms with Gasteiger partial charge in [0.1, 0.15) is 5.65 Å². The van der Waals surface area contributed by atoms with Crippen molar-refractivity contribution in [3.05, 3.63) is 174 Å². The number of hydrogen-bond donors (Lipinski definition) is 0. The summed E-state index contributed by atoms with van der Waals surface area (Å²) in [7, 11) is 0. The Morgan fingerprint density at radius 3 is 1.98 bits per heavy atom. The van der Waals surface area contributed by atoms with Crippen molar-refractivity contribution in [3.63, 3.8) is 0 Å². The molecule has 13 rings (SSSR count). The second kappa shape index (κ2) is 11.5. The third kappa shape index (κ3) is 4.17. The van der Waals surface area contributed by atoms with E-state index in [0.717, 1.165) is 37.1 Å². The molecule has 0 spiro atoms. The summed E-state index contributed by atoms with van der Waals surface area (Å²) in [4.78, 5) is 2.47. The summed E-state index contributed by atoms with van der Waals surface area (Å²) in [6, 6.07) is 52.0. The lowest BCUT2D eigenvalue weighted by Gasteiger charge is -2.26. The van der Waals surface area contributed by atoms with E-state index in [1.54, 1.807) is 0 Å². The van der Waals surface area contributed by atoms with Crippen molar-refractivity contribution in [3.8, 4) is 11.1 Å². The number of hydrogen-bond acceptors (Lipinski definition) is 2. The van der Waals surface area contributed by atoms with Gasteiger partial charge in [-0.2, -0.15) is 0 Å². The van der Waals surface area contributed by atoms with Gasteiger partial charge in [-0.1, -0.05) is 103 Å². The average molecular weight is 734 g/mol. The number of imidazole rings is 1. The van der Waals surface area contributed by atoms with Gasteiger partial charge >= 0.3 is 0 Å². The highest BCUT2D eigenvalue weighted by Crippen LogP contribution is 2.47. The Morgan fingerprint density at radius 2 is 1.18 bits per heavy atom. The molecule has 4 heteroatoms. The van der Waals surface area contributed by atoms with Crippen molar-refractivity contribution in [1.29, 1.82) is 0 Å². The first-order chi connectivity index (χ1) is 27.8. The number of anilines is 3. The molecule has 0 aliphatic heterocycles. The lowest BCUT2D eigenvalue weighted by Crippen LogP contribution is -2.10. The molecule has 0 radical (unpaired) electrons. The van der Waals surface area contributed by atoms with Crippen LogP contribution in [0.1, 0.15) is 35.4 Å². The molecule has 7 aromatic carbocycles. The highest BCUT2D eigenvalue weighted by Gasteiger charge is 2.29. The topological polar surface area (TPSA) is 12.1 Å². The Hall–Kier alpha value is -6.62. The van der Waals surface area contributed by atoms with Crippen LogP contribution in [0.5, 0.6) is 0 Å². The first-order valence-corrected chi connectivity index (χ1v) is 20.6. The lowest BCUT2D eigenvalue weighted by molar-refractivity contribution is 0.961. The van der Waals surface area contributed by atoms with E-state index in [2.05, 4.69) is 178 Å². The highest BCUT2D eigenvalue weighted by molar-refractivity contribution is 7.26. The molecule has 0 saturated carbocycles. The van der Waals surface area contributed by atoms with Crippen LogP contribution in [0.3, 0.4) is 0 Å². The largest absolute Gasteiger partial charge is 0.309 e. The Kier molecular flexibility index (Phi) is 6.27. The van der Waals surface area contributed by atoms with E-state index in [-0.39, 0.29) is 0 Å². The third-order valence-electron chi connectivity index (χ3n) is 12.5. The molecule has 0 bridgehead atoms. The van der Waals surface area contributed by atoms with Crippen LogP contribution in [0.15, 0.2) is 152 Å². The third-order valence-corrected chi connectivity index (χ3v) is 13.7. The number of thiophene rings is 1. The van der Waals surface area contributed by atoms with Gasteiger partial charge in [0.05, 0.1) is 32.8 Å². The van der Waals surface area contributed by atoms with Crippen molar-refractivity contribution >= 4 is 104 Å². The first kappa shape index (κ1) is 30.7. The van der Waals surface area contributed by atoms with Gasteiger partial charge in [0.2, 0.25) is 0 Å². The molecule has 0 saturated heterocycles. The molecule has 264 valence electrons. The summed E-state index contributed by atoms with van der Waals surface area (Å²) in [5.74, 6) is 0. The molecule has 0 fully saturated rings. The van der Waals surface area contributed by atoms with E-state index in [1.165, 1.54) is 103 Å². The van der Waals surface area contributed by atoms with Gasteiger partial charge < -0.3 is 4.90 Å². The maximum absolute atomic E-state index is 2.57. The molecule has 0 N–H and O–H groups in total. The standard InChI is InChI=1S/C52H35N3S/c1-2-13-38-32(11-1)12-9-17-39(38)33-23-26-36(27-24-33)53(46-21-10-18-41-40-14-5-8-22-49(40)56-51(41)46)37-28-25-34-30-47-48(31-35(34)29-37)55-45-20-7-4-16-43(45)50-42-15-3-6-19-44(42)54(47)52(50)55/h1-2,5-14,17-31H,3-4,15-16H2. The fourth-order valence-corrected chi connectivity index (χ4v) is 11.3. The van der Waals surface area contributed by atoms with Gasteiger partial charge in [0.15, 0.2) is 0 Å². The quantitative estimate of drug-likeness (QED) is 0.175. The van der Waals surface area contributed by atoms with Crippen LogP contribution in [0, 0.1) is 0 Å². The molecule has 2 aliphatic rings. The number of rotatable bonds is 4. The van der Waals surface area contributed by atoms with E-state index >= 15 is 0 Å². The predicted molar refractivity (Wildman–Crippen MR) is 240 cm³/mol. The summed E-state index contributed by atoms with van der Waals surface area (Å²) in [5.41, 5.74) is 15.7. The summed E-state index contributed by atoms with van der Waals surface area (Å²) >= 11 is 1.88. The molecule has 0 atom stereocenters. The number of benzene rings is 7. The Morgan fingerprint density at radius 1 is 0.518 bits per heavy atom. The second-order valence-corrected chi connectivity index (χ2v) is 16.6. The maximum atomic E-state index is 2.57. The number of allylic oxidation sites excluding steroid dienone is 2. The van der Waals surface area contributed by atoms with Gasteiger partial charge in [-0.05, 0) is 130 Å². The number of aryl methyl sites for hydroxylation is 2. The van der Waals surface area contributed by atoms with Crippen molar-refractivity contribution in [2.24, 2.45) is 0 Å². The zero-order chi connectivity index (χ0) is 36.5. The van der Waals surface area contributed by atoms with Crippen LogP contribution in [-0.4, -0.2) is 8.80 Å². The van der Waals surface area contributed by atoms with Crippen LogP contribution in [0.25, 0.3) is 87.1 Å². The molecular weight excluding hydrogens is 699 g/mol. The lowest BCUT2D eigenvalue weighted by atomic mass is 9.95. The second-order valence-electron chi connectivity index (χ2n) is 15.5. The monoisotopic (exact) mass is 733 g/mol. The zero-order valence-corrected chi connectivity index (χ0v) is 31.5. The van der Waals surface area contributed by atoms with Crippen molar-refractivity contribution in [1.82, 2.24) is 8.80 Å². The van der Waals surface area contributed by atoms with Crippen LogP contribution >= 0.6 is 11.3 Å². The number of nitrogens with zero attached hydrogens (tertiary/aromatic N) is 3. The Labute approximate surface area is 327 Å². The van der Waals surface area contributed by atoms with E-state index in [1.807, 2.05) is 11.3 Å². The fraction of sp³-hybridized carbons (Fsp3) is 0.0769. The molecule has 0 unspecified atom stereocenters. The van der Waals surface area contributed by atoms with Gasteiger partial charge in [0, 0.05) is 32.2 Å². The van der Waals surface area contributed by atoms with Gasteiger partial charge in [0.25, 0.3) is 0 Å².